The van der Waals surface area contributed by atoms with E-state index in [0.717, 1.165) is 12.3 Å². The molecular formula is C13H18BrN. The van der Waals surface area contributed by atoms with E-state index in [9.17, 15) is 0 Å². The molecule has 2 heteroatoms. The molecule has 1 heterocycles. The van der Waals surface area contributed by atoms with Gasteiger partial charge in [-0.2, -0.15) is 0 Å². The van der Waals surface area contributed by atoms with Gasteiger partial charge in [-0.15, -0.1) is 0 Å². The lowest BCUT2D eigenvalue weighted by atomic mass is 10.0. The van der Waals surface area contributed by atoms with Gasteiger partial charge in [0.2, 0.25) is 0 Å². The number of pyridine rings is 1. The van der Waals surface area contributed by atoms with Crippen molar-refractivity contribution in [1.29, 1.82) is 0 Å². The molecule has 0 spiro atoms. The van der Waals surface area contributed by atoms with E-state index in [0.29, 0.717) is 10.2 Å². The Hall–Kier alpha value is -0.370. The molecule has 0 bridgehead atoms. The number of aromatic nitrogens is 1. The fraction of sp³-hybridized carbons (Fsp3) is 0.615. The molecule has 0 N–H and O–H groups in total. The van der Waals surface area contributed by atoms with Gasteiger partial charge in [-0.05, 0) is 36.3 Å². The van der Waals surface area contributed by atoms with Crippen LogP contribution in [0.4, 0.5) is 0 Å². The SMILES string of the molecule is Cc1ccc(CC(Br)C2CC2(C)C)nc1. The predicted molar refractivity (Wildman–Crippen MR) is 67.3 cm³/mol. The third kappa shape index (κ3) is 2.60. The first-order valence-corrected chi connectivity index (χ1v) is 6.46. The van der Waals surface area contributed by atoms with E-state index in [1.165, 1.54) is 17.7 Å². The Balaban J connectivity index is 1.95. The van der Waals surface area contributed by atoms with E-state index in [4.69, 9.17) is 0 Å². The molecule has 15 heavy (non-hydrogen) atoms. The molecule has 0 amide bonds. The number of alkyl halides is 1. The van der Waals surface area contributed by atoms with Crippen molar-refractivity contribution in [1.82, 2.24) is 4.98 Å². The lowest BCUT2D eigenvalue weighted by Crippen LogP contribution is -2.10. The minimum Gasteiger partial charge on any atom is -0.261 e. The van der Waals surface area contributed by atoms with E-state index in [-0.39, 0.29) is 0 Å². The van der Waals surface area contributed by atoms with Gasteiger partial charge in [0.25, 0.3) is 0 Å². The average molecular weight is 268 g/mol. The van der Waals surface area contributed by atoms with Crippen LogP contribution < -0.4 is 0 Å². The molecule has 2 atom stereocenters. The molecule has 0 saturated heterocycles. The van der Waals surface area contributed by atoms with Gasteiger partial charge < -0.3 is 0 Å². The lowest BCUT2D eigenvalue weighted by Gasteiger charge is -2.11. The molecule has 1 aromatic rings. The van der Waals surface area contributed by atoms with E-state index >= 15 is 0 Å². The Bertz CT molecular complexity index is 342. The second-order valence-corrected chi connectivity index (χ2v) is 6.52. The van der Waals surface area contributed by atoms with Crippen LogP contribution in [0.15, 0.2) is 18.3 Å². The Kier molecular flexibility index (Phi) is 2.89. The third-order valence-electron chi connectivity index (χ3n) is 3.40. The Morgan fingerprint density at radius 3 is 2.67 bits per heavy atom. The summed E-state index contributed by atoms with van der Waals surface area (Å²) in [4.78, 5) is 5.03. The molecule has 1 fully saturated rings. The molecule has 1 aliphatic carbocycles. The van der Waals surface area contributed by atoms with Gasteiger partial charge in [0, 0.05) is 23.1 Å². The number of aryl methyl sites for hydroxylation is 1. The quantitative estimate of drug-likeness (QED) is 0.761. The monoisotopic (exact) mass is 267 g/mol. The summed E-state index contributed by atoms with van der Waals surface area (Å²) in [6.45, 7) is 6.76. The van der Waals surface area contributed by atoms with Crippen LogP contribution in [-0.4, -0.2) is 9.81 Å². The zero-order valence-corrected chi connectivity index (χ0v) is 11.2. The predicted octanol–water partition coefficient (Wildman–Crippen LogP) is 3.74. The van der Waals surface area contributed by atoms with E-state index in [1.54, 1.807) is 0 Å². The zero-order valence-electron chi connectivity index (χ0n) is 9.63. The van der Waals surface area contributed by atoms with Crippen molar-refractivity contribution in [3.63, 3.8) is 0 Å². The maximum atomic E-state index is 4.45. The van der Waals surface area contributed by atoms with Crippen LogP contribution >= 0.6 is 15.9 Å². The number of rotatable bonds is 3. The molecule has 0 aromatic carbocycles. The highest BCUT2D eigenvalue weighted by Crippen LogP contribution is 2.55. The standard InChI is InChI=1S/C13H18BrN/c1-9-4-5-10(15-8-9)6-12(14)11-7-13(11,2)3/h4-5,8,11-12H,6-7H2,1-3H3. The summed E-state index contributed by atoms with van der Waals surface area (Å²) in [7, 11) is 0. The fourth-order valence-corrected chi connectivity index (χ4v) is 3.32. The van der Waals surface area contributed by atoms with Gasteiger partial charge in [0.1, 0.15) is 0 Å². The Morgan fingerprint density at radius 1 is 1.53 bits per heavy atom. The topological polar surface area (TPSA) is 12.9 Å². The molecule has 1 saturated carbocycles. The maximum absolute atomic E-state index is 4.45. The van der Waals surface area contributed by atoms with Gasteiger partial charge in [-0.25, -0.2) is 0 Å². The first-order valence-electron chi connectivity index (χ1n) is 5.54. The molecule has 0 aliphatic heterocycles. The van der Waals surface area contributed by atoms with Gasteiger partial charge in [-0.1, -0.05) is 35.8 Å². The van der Waals surface area contributed by atoms with Crippen LogP contribution in [0.1, 0.15) is 31.5 Å². The van der Waals surface area contributed by atoms with Crippen molar-refractivity contribution >= 4 is 15.9 Å². The fourth-order valence-electron chi connectivity index (χ4n) is 2.09. The summed E-state index contributed by atoms with van der Waals surface area (Å²) in [5.74, 6) is 0.820. The van der Waals surface area contributed by atoms with Crippen molar-refractivity contribution < 1.29 is 0 Å². The largest absolute Gasteiger partial charge is 0.261 e. The first kappa shape index (κ1) is 11.1. The maximum Gasteiger partial charge on any atom is 0.0415 e. The first-order chi connectivity index (χ1) is 6.99. The average Bonchev–Trinajstić information content (AvgIpc) is 2.79. The zero-order chi connectivity index (χ0) is 11.1. The van der Waals surface area contributed by atoms with Crippen LogP contribution in [-0.2, 0) is 6.42 Å². The molecule has 2 rings (SSSR count). The highest BCUT2D eigenvalue weighted by molar-refractivity contribution is 9.09. The van der Waals surface area contributed by atoms with Crippen LogP contribution in [0.25, 0.3) is 0 Å². The van der Waals surface area contributed by atoms with E-state index in [1.807, 2.05) is 6.20 Å². The van der Waals surface area contributed by atoms with Crippen molar-refractivity contribution in [2.45, 2.75) is 38.4 Å². The number of nitrogens with zero attached hydrogens (tertiary/aromatic N) is 1. The van der Waals surface area contributed by atoms with Crippen molar-refractivity contribution in [3.8, 4) is 0 Å². The van der Waals surface area contributed by atoms with Crippen LogP contribution in [0, 0.1) is 18.3 Å². The molecule has 82 valence electrons. The number of halogens is 1. The van der Waals surface area contributed by atoms with Crippen molar-refractivity contribution in [2.24, 2.45) is 11.3 Å². The highest BCUT2D eigenvalue weighted by Gasteiger charge is 2.49. The summed E-state index contributed by atoms with van der Waals surface area (Å²) in [5.41, 5.74) is 2.97. The minimum absolute atomic E-state index is 0.541. The highest BCUT2D eigenvalue weighted by atomic mass is 79.9. The van der Waals surface area contributed by atoms with Crippen LogP contribution in [0.2, 0.25) is 0 Å². The van der Waals surface area contributed by atoms with Gasteiger partial charge >= 0.3 is 0 Å². The Morgan fingerprint density at radius 2 is 2.20 bits per heavy atom. The molecule has 1 aliphatic rings. The van der Waals surface area contributed by atoms with Gasteiger partial charge in [-0.3, -0.25) is 4.98 Å². The molecule has 1 nitrogen and oxygen atoms in total. The number of hydrogen-bond acceptors (Lipinski definition) is 1. The Labute approximate surface area is 100 Å². The smallest absolute Gasteiger partial charge is 0.0415 e. The lowest BCUT2D eigenvalue weighted by molar-refractivity contribution is 0.544. The van der Waals surface area contributed by atoms with Gasteiger partial charge in [0.05, 0.1) is 0 Å². The van der Waals surface area contributed by atoms with Crippen LogP contribution in [0.3, 0.4) is 0 Å². The van der Waals surface area contributed by atoms with Crippen molar-refractivity contribution in [3.05, 3.63) is 29.6 Å². The normalized spacial score (nSPS) is 24.9. The molecular weight excluding hydrogens is 250 g/mol. The number of hydrogen-bond donors (Lipinski definition) is 0. The van der Waals surface area contributed by atoms with E-state index < -0.39 is 0 Å². The molecule has 2 unspecified atom stereocenters. The third-order valence-corrected chi connectivity index (χ3v) is 4.36. The summed E-state index contributed by atoms with van der Waals surface area (Å²) in [5, 5.41) is 0. The van der Waals surface area contributed by atoms with E-state index in [2.05, 4.69) is 53.8 Å². The summed E-state index contributed by atoms with van der Waals surface area (Å²) >= 11 is 3.80. The van der Waals surface area contributed by atoms with Crippen LogP contribution in [0.5, 0.6) is 0 Å². The molecule has 1 aromatic heterocycles. The summed E-state index contributed by atoms with van der Waals surface area (Å²) in [6, 6.07) is 4.28. The minimum atomic E-state index is 0.541. The van der Waals surface area contributed by atoms with Crippen molar-refractivity contribution in [2.75, 3.05) is 0 Å². The van der Waals surface area contributed by atoms with Gasteiger partial charge in [0.15, 0.2) is 0 Å². The molecule has 0 radical (unpaired) electrons. The second-order valence-electron chi connectivity index (χ2n) is 5.35. The second kappa shape index (κ2) is 3.89. The summed E-state index contributed by atoms with van der Waals surface area (Å²) < 4.78 is 0. The summed E-state index contributed by atoms with van der Waals surface area (Å²) in [6.07, 6.45) is 4.34.